The lowest BCUT2D eigenvalue weighted by Gasteiger charge is -2.36. The number of amides is 2. The maximum absolute atomic E-state index is 13.3. The first-order valence-corrected chi connectivity index (χ1v) is 19.5. The molecule has 3 atom stereocenters. The van der Waals surface area contributed by atoms with Gasteiger partial charge >= 0.3 is 0 Å². The van der Waals surface area contributed by atoms with Crippen molar-refractivity contribution in [3.63, 3.8) is 0 Å². The van der Waals surface area contributed by atoms with E-state index in [2.05, 4.69) is 10.6 Å². The first-order valence-electron chi connectivity index (χ1n) is 16.2. The van der Waals surface area contributed by atoms with E-state index in [0.717, 1.165) is 33.1 Å². The van der Waals surface area contributed by atoms with E-state index in [9.17, 15) is 14.4 Å². The molecule has 1 heterocycles. The predicted molar refractivity (Wildman–Crippen MR) is 199 cm³/mol. The molecular weight excluding hydrogens is 656 g/mol. The Labute approximate surface area is 293 Å². The zero-order chi connectivity index (χ0) is 35.3. The average Bonchev–Trinajstić information content (AvgIpc) is 3.20. The molecule has 0 saturated carbocycles. The zero-order valence-electron chi connectivity index (χ0n) is 28.1. The Morgan fingerprint density at radius 2 is 1.63 bits per heavy atom. The van der Waals surface area contributed by atoms with Gasteiger partial charge in [-0.3, -0.25) is 14.6 Å². The number of nitrogens with one attached hydrogen (secondary N) is 2. The number of carbonyl (C=O) groups is 2. The Balaban J connectivity index is 1.27. The summed E-state index contributed by atoms with van der Waals surface area (Å²) in [5, 5.41) is 7.29. The van der Waals surface area contributed by atoms with Crippen LogP contribution in [0.15, 0.2) is 96.0 Å². The maximum Gasteiger partial charge on any atom is 0.251 e. The molecule has 0 spiro atoms. The second kappa shape index (κ2) is 15.4. The van der Waals surface area contributed by atoms with Crippen LogP contribution in [0.2, 0.25) is 18.1 Å². The van der Waals surface area contributed by atoms with Crippen LogP contribution >= 0.6 is 11.6 Å². The number of hydrogen-bond acceptors (Lipinski definition) is 8. The van der Waals surface area contributed by atoms with Gasteiger partial charge in [0.1, 0.15) is 11.9 Å². The van der Waals surface area contributed by atoms with Gasteiger partial charge in [0.25, 0.3) is 5.91 Å². The summed E-state index contributed by atoms with van der Waals surface area (Å²) in [6, 6.07) is 27.4. The normalized spacial score (nSPS) is 16.6. The summed E-state index contributed by atoms with van der Waals surface area (Å²) in [6.07, 6.45) is -1.19. The molecule has 0 fully saturated rings. The number of benzodiazepines with no additional fused rings is 1. The van der Waals surface area contributed by atoms with E-state index in [4.69, 9.17) is 32.8 Å². The first-order chi connectivity index (χ1) is 23.3. The number of fused-ring (bicyclic) bond motifs is 1. The number of anilines is 1. The molecule has 0 saturated heterocycles. The van der Waals surface area contributed by atoms with Gasteiger partial charge in [-0.25, -0.2) is 0 Å². The number of nitrogens with two attached hydrogens (primary N) is 2. The number of aliphatic imine (C=N–C) groups is 1. The zero-order valence-corrected chi connectivity index (χ0v) is 29.9. The lowest BCUT2D eigenvalue weighted by molar-refractivity contribution is -0.121. The summed E-state index contributed by atoms with van der Waals surface area (Å²) in [5.41, 5.74) is 18.6. The van der Waals surface area contributed by atoms with Crippen LogP contribution in [0.5, 0.6) is 5.75 Å². The van der Waals surface area contributed by atoms with Gasteiger partial charge in [0.15, 0.2) is 0 Å². The third kappa shape index (κ3) is 8.56. The Bertz CT molecular complexity index is 1840. The highest BCUT2D eigenvalue weighted by molar-refractivity contribution is 6.83. The standard InChI is InChI=1S/C37H43ClN6O4Si/c1-23(39)44-33-16-15-29(48-2)21-31(33)35(24-11-13-28(38)14-12-24)43-32(36(44)40)22-34(45)41-17-18-42-37(46)27-9-5-7-25(19-27)26-8-6-10-30(20-26)49(3,4)47/h5-16,19-21,23,32,36,47H,17-18,22,39-40H2,1-4H3,(H,41,45)(H,42,46)/t23?,32-,36?/m0/s1. The third-order valence-electron chi connectivity index (χ3n) is 8.46. The molecule has 12 heteroatoms. The Morgan fingerprint density at radius 3 is 2.31 bits per heavy atom. The average molecular weight is 699 g/mol. The molecule has 7 N–H and O–H groups in total. The molecule has 0 bridgehead atoms. The van der Waals surface area contributed by atoms with E-state index in [1.165, 1.54) is 0 Å². The Hall–Kier alpha value is -4.52. The largest absolute Gasteiger partial charge is 0.497 e. The SMILES string of the molecule is COc1ccc2c(c1)C(c1ccc(Cl)cc1)=N[C@@H](CC(=O)NCCNC(=O)c1cccc(-c3cccc([Si](C)(C)O)c3)c1)C(N)N2C(C)N. The van der Waals surface area contributed by atoms with Crippen LogP contribution in [0, 0.1) is 0 Å². The molecule has 5 rings (SSSR count). The predicted octanol–water partition coefficient (Wildman–Crippen LogP) is 3.97. The van der Waals surface area contributed by atoms with Crippen molar-refractivity contribution in [2.24, 2.45) is 16.5 Å². The maximum atomic E-state index is 13.3. The summed E-state index contributed by atoms with van der Waals surface area (Å²) in [7, 11) is -0.881. The highest BCUT2D eigenvalue weighted by Crippen LogP contribution is 2.34. The van der Waals surface area contributed by atoms with Crippen LogP contribution < -0.4 is 36.9 Å². The van der Waals surface area contributed by atoms with Crippen LogP contribution in [-0.2, 0) is 4.79 Å². The number of benzene rings is 4. The van der Waals surface area contributed by atoms with Crippen LogP contribution in [0.25, 0.3) is 11.1 Å². The van der Waals surface area contributed by atoms with Crippen LogP contribution in [0.1, 0.15) is 34.8 Å². The molecule has 4 aromatic rings. The molecule has 256 valence electrons. The molecule has 4 aromatic carbocycles. The van der Waals surface area contributed by atoms with Crippen LogP contribution in [-0.4, -0.2) is 69.2 Å². The van der Waals surface area contributed by atoms with Gasteiger partial charge in [-0.2, -0.15) is 0 Å². The minimum Gasteiger partial charge on any atom is -0.497 e. The lowest BCUT2D eigenvalue weighted by Crippen LogP contribution is -2.56. The smallest absolute Gasteiger partial charge is 0.251 e. The number of ether oxygens (including phenoxy) is 1. The van der Waals surface area contributed by atoms with Crippen molar-refractivity contribution in [1.82, 2.24) is 10.6 Å². The van der Waals surface area contributed by atoms with Crippen molar-refractivity contribution in [2.75, 3.05) is 25.1 Å². The molecule has 0 radical (unpaired) electrons. The first kappa shape index (κ1) is 35.8. The Kier molecular flexibility index (Phi) is 11.2. The molecule has 1 aliphatic rings. The molecular formula is C37H43ClN6O4Si. The number of halogens is 1. The fourth-order valence-corrected chi connectivity index (χ4v) is 7.01. The summed E-state index contributed by atoms with van der Waals surface area (Å²) >= 11 is 6.19. The quantitative estimate of drug-likeness (QED) is 0.117. The molecule has 2 unspecified atom stereocenters. The summed E-state index contributed by atoms with van der Waals surface area (Å²) in [4.78, 5) is 43.8. The molecule has 2 amide bonds. The summed E-state index contributed by atoms with van der Waals surface area (Å²) in [5.74, 6) is 0.122. The molecule has 0 aliphatic carbocycles. The van der Waals surface area contributed by atoms with E-state index < -0.39 is 26.7 Å². The van der Waals surface area contributed by atoms with Crippen molar-refractivity contribution in [3.05, 3.63) is 113 Å². The van der Waals surface area contributed by atoms with E-state index in [1.54, 1.807) is 25.3 Å². The van der Waals surface area contributed by atoms with E-state index in [0.29, 0.717) is 22.0 Å². The Morgan fingerprint density at radius 1 is 0.959 bits per heavy atom. The second-order valence-corrected chi connectivity index (χ2v) is 16.7. The van der Waals surface area contributed by atoms with Crippen molar-refractivity contribution in [2.45, 2.75) is 44.8 Å². The van der Waals surface area contributed by atoms with Crippen LogP contribution in [0.4, 0.5) is 5.69 Å². The number of rotatable bonds is 11. The number of methoxy groups -OCH3 is 1. The summed E-state index contributed by atoms with van der Waals surface area (Å²) in [6.45, 7) is 6.02. The molecule has 0 aromatic heterocycles. The van der Waals surface area contributed by atoms with Gasteiger partial charge in [0.2, 0.25) is 14.2 Å². The lowest BCUT2D eigenvalue weighted by atomic mass is 9.99. The van der Waals surface area contributed by atoms with E-state index >= 15 is 0 Å². The van der Waals surface area contributed by atoms with Crippen molar-refractivity contribution in [1.29, 1.82) is 0 Å². The number of carbonyl (C=O) groups excluding carboxylic acids is 2. The topological polar surface area (TPSA) is 155 Å². The van der Waals surface area contributed by atoms with Crippen molar-refractivity contribution >= 4 is 48.3 Å². The third-order valence-corrected chi connectivity index (χ3v) is 10.4. The highest BCUT2D eigenvalue weighted by Gasteiger charge is 2.34. The van der Waals surface area contributed by atoms with Gasteiger partial charge in [0, 0.05) is 40.5 Å². The highest BCUT2D eigenvalue weighted by atomic mass is 35.5. The minimum absolute atomic E-state index is 0.00480. The fourth-order valence-electron chi connectivity index (χ4n) is 5.87. The van der Waals surface area contributed by atoms with E-state index in [1.807, 2.05) is 97.7 Å². The molecule has 10 nitrogen and oxygen atoms in total. The fraction of sp³-hybridized carbons (Fsp3) is 0.270. The van der Waals surface area contributed by atoms with E-state index in [-0.39, 0.29) is 31.3 Å². The number of hydrogen-bond donors (Lipinski definition) is 5. The monoisotopic (exact) mass is 698 g/mol. The second-order valence-electron chi connectivity index (χ2n) is 12.6. The van der Waals surface area contributed by atoms with Gasteiger partial charge in [-0.1, -0.05) is 60.1 Å². The van der Waals surface area contributed by atoms with Gasteiger partial charge in [-0.05, 0) is 78.8 Å². The molecule has 1 aliphatic heterocycles. The van der Waals surface area contributed by atoms with Gasteiger partial charge < -0.3 is 36.5 Å². The van der Waals surface area contributed by atoms with Gasteiger partial charge in [0.05, 0.1) is 31.4 Å². The van der Waals surface area contributed by atoms with Gasteiger partial charge in [-0.15, -0.1) is 0 Å². The minimum atomic E-state index is -2.48. The molecule has 49 heavy (non-hydrogen) atoms. The van der Waals surface area contributed by atoms with Crippen LogP contribution in [0.3, 0.4) is 0 Å². The number of nitrogens with zero attached hydrogens (tertiary/aromatic N) is 2. The summed E-state index contributed by atoms with van der Waals surface area (Å²) < 4.78 is 5.52. The van der Waals surface area contributed by atoms with Crippen molar-refractivity contribution in [3.8, 4) is 16.9 Å². The van der Waals surface area contributed by atoms with Crippen molar-refractivity contribution < 1.29 is 19.1 Å².